The van der Waals surface area contributed by atoms with E-state index in [0.717, 1.165) is 23.4 Å². The molecule has 0 bridgehead atoms. The zero-order valence-corrected chi connectivity index (χ0v) is 12.4. The molecule has 6 heteroatoms. The van der Waals surface area contributed by atoms with E-state index >= 15 is 0 Å². The summed E-state index contributed by atoms with van der Waals surface area (Å²) in [6.07, 6.45) is 1.91. The lowest BCUT2D eigenvalue weighted by molar-refractivity contribution is 0.249. The fourth-order valence-electron chi connectivity index (χ4n) is 1.77. The van der Waals surface area contributed by atoms with E-state index in [1.807, 2.05) is 37.3 Å². The standard InChI is InChI=1S/C14H18N4OS/c1-3-7-12-17-18-14(20-12)16-13(19)15-10(2)11-8-5-4-6-9-11/h4-6,8-10H,3,7H2,1-2H3,(H2,15,16,18,19). The van der Waals surface area contributed by atoms with Gasteiger partial charge in [-0.15, -0.1) is 10.2 Å². The summed E-state index contributed by atoms with van der Waals surface area (Å²) in [6.45, 7) is 4.03. The maximum atomic E-state index is 11.9. The number of aromatic nitrogens is 2. The number of aryl methyl sites for hydroxylation is 1. The molecule has 1 unspecified atom stereocenters. The molecule has 1 heterocycles. The number of hydrogen-bond donors (Lipinski definition) is 2. The van der Waals surface area contributed by atoms with Crippen LogP contribution in [0.15, 0.2) is 30.3 Å². The van der Waals surface area contributed by atoms with E-state index in [9.17, 15) is 4.79 Å². The number of carbonyl (C=O) groups excluding carboxylic acids is 1. The number of rotatable bonds is 5. The van der Waals surface area contributed by atoms with Crippen LogP contribution in [0.4, 0.5) is 9.93 Å². The van der Waals surface area contributed by atoms with E-state index in [4.69, 9.17) is 0 Å². The Labute approximate surface area is 122 Å². The van der Waals surface area contributed by atoms with Crippen molar-refractivity contribution in [3.8, 4) is 0 Å². The minimum absolute atomic E-state index is 0.0563. The number of nitrogens with zero attached hydrogens (tertiary/aromatic N) is 2. The largest absolute Gasteiger partial charge is 0.331 e. The lowest BCUT2D eigenvalue weighted by Crippen LogP contribution is -2.31. The number of benzene rings is 1. The number of urea groups is 1. The second-order valence-electron chi connectivity index (χ2n) is 4.48. The molecule has 106 valence electrons. The van der Waals surface area contributed by atoms with Gasteiger partial charge >= 0.3 is 6.03 Å². The van der Waals surface area contributed by atoms with E-state index in [0.29, 0.717) is 5.13 Å². The first kappa shape index (κ1) is 14.5. The third kappa shape index (κ3) is 4.03. The van der Waals surface area contributed by atoms with Gasteiger partial charge < -0.3 is 5.32 Å². The van der Waals surface area contributed by atoms with Crippen LogP contribution < -0.4 is 10.6 Å². The second kappa shape index (κ2) is 7.00. The van der Waals surface area contributed by atoms with Crippen molar-refractivity contribution in [1.82, 2.24) is 15.5 Å². The zero-order chi connectivity index (χ0) is 14.4. The summed E-state index contributed by atoms with van der Waals surface area (Å²) in [7, 11) is 0. The molecule has 2 rings (SSSR count). The maximum absolute atomic E-state index is 11.9. The average molecular weight is 290 g/mol. The number of carbonyl (C=O) groups is 1. The van der Waals surface area contributed by atoms with Crippen LogP contribution in [0.25, 0.3) is 0 Å². The monoisotopic (exact) mass is 290 g/mol. The lowest BCUT2D eigenvalue weighted by atomic mass is 10.1. The molecule has 0 aliphatic carbocycles. The fourth-order valence-corrected chi connectivity index (χ4v) is 2.61. The number of anilines is 1. The van der Waals surface area contributed by atoms with Gasteiger partial charge in [0, 0.05) is 6.42 Å². The van der Waals surface area contributed by atoms with Gasteiger partial charge in [0.15, 0.2) is 0 Å². The lowest BCUT2D eigenvalue weighted by Gasteiger charge is -2.13. The Morgan fingerprint density at radius 1 is 1.30 bits per heavy atom. The summed E-state index contributed by atoms with van der Waals surface area (Å²) in [5.74, 6) is 0. The van der Waals surface area contributed by atoms with E-state index in [2.05, 4.69) is 27.8 Å². The molecule has 0 radical (unpaired) electrons. The number of hydrogen-bond acceptors (Lipinski definition) is 4. The van der Waals surface area contributed by atoms with Gasteiger partial charge in [-0.05, 0) is 18.9 Å². The summed E-state index contributed by atoms with van der Waals surface area (Å²) >= 11 is 1.41. The molecule has 0 aliphatic rings. The van der Waals surface area contributed by atoms with Crippen molar-refractivity contribution >= 4 is 22.5 Å². The predicted octanol–water partition coefficient (Wildman–Crippen LogP) is 3.37. The third-order valence-electron chi connectivity index (χ3n) is 2.80. The van der Waals surface area contributed by atoms with Gasteiger partial charge in [0.2, 0.25) is 5.13 Å². The molecule has 20 heavy (non-hydrogen) atoms. The van der Waals surface area contributed by atoms with Gasteiger partial charge in [-0.3, -0.25) is 5.32 Å². The Morgan fingerprint density at radius 2 is 2.05 bits per heavy atom. The topological polar surface area (TPSA) is 66.9 Å². The molecular weight excluding hydrogens is 272 g/mol. The number of amides is 2. The minimum atomic E-state index is -0.263. The molecule has 5 nitrogen and oxygen atoms in total. The Balaban J connectivity index is 1.88. The van der Waals surface area contributed by atoms with Crippen molar-refractivity contribution in [2.24, 2.45) is 0 Å². The molecule has 1 atom stereocenters. The van der Waals surface area contributed by atoms with Crippen LogP contribution in [0.1, 0.15) is 36.9 Å². The van der Waals surface area contributed by atoms with Crippen molar-refractivity contribution in [3.63, 3.8) is 0 Å². The smallest absolute Gasteiger partial charge is 0.321 e. The molecule has 0 saturated heterocycles. The Kier molecular flexibility index (Phi) is 5.06. The van der Waals surface area contributed by atoms with Crippen molar-refractivity contribution in [2.45, 2.75) is 32.7 Å². The molecule has 0 aliphatic heterocycles. The molecule has 1 aromatic heterocycles. The van der Waals surface area contributed by atoms with Gasteiger partial charge in [0.25, 0.3) is 0 Å². The molecular formula is C14H18N4OS. The van der Waals surface area contributed by atoms with E-state index in [1.165, 1.54) is 11.3 Å². The van der Waals surface area contributed by atoms with Crippen LogP contribution in [0.5, 0.6) is 0 Å². The van der Waals surface area contributed by atoms with Crippen LogP contribution in [-0.4, -0.2) is 16.2 Å². The van der Waals surface area contributed by atoms with Crippen LogP contribution in [0, 0.1) is 0 Å². The first-order valence-electron chi connectivity index (χ1n) is 6.64. The third-order valence-corrected chi connectivity index (χ3v) is 3.70. The highest BCUT2D eigenvalue weighted by Crippen LogP contribution is 2.17. The van der Waals surface area contributed by atoms with Gasteiger partial charge in [0.1, 0.15) is 5.01 Å². The first-order chi connectivity index (χ1) is 9.69. The van der Waals surface area contributed by atoms with Crippen LogP contribution in [-0.2, 0) is 6.42 Å². The SMILES string of the molecule is CCCc1nnc(NC(=O)NC(C)c2ccccc2)s1. The fraction of sp³-hybridized carbons (Fsp3) is 0.357. The summed E-state index contributed by atoms with van der Waals surface area (Å²) in [5, 5.41) is 15.0. The van der Waals surface area contributed by atoms with Gasteiger partial charge in [0.05, 0.1) is 6.04 Å². The van der Waals surface area contributed by atoms with Gasteiger partial charge in [-0.25, -0.2) is 4.79 Å². The summed E-state index contributed by atoms with van der Waals surface area (Å²) in [5.41, 5.74) is 1.06. The van der Waals surface area contributed by atoms with Gasteiger partial charge in [-0.1, -0.05) is 48.6 Å². The summed E-state index contributed by atoms with van der Waals surface area (Å²) in [6, 6.07) is 9.50. The van der Waals surface area contributed by atoms with Crippen molar-refractivity contribution in [3.05, 3.63) is 40.9 Å². The molecule has 1 aromatic carbocycles. The molecule has 0 spiro atoms. The Hall–Kier alpha value is -1.95. The Bertz CT molecular complexity index is 555. The summed E-state index contributed by atoms with van der Waals surface area (Å²) < 4.78 is 0. The predicted molar refractivity (Wildman–Crippen MR) is 80.9 cm³/mol. The van der Waals surface area contributed by atoms with Crippen LogP contribution >= 0.6 is 11.3 Å². The van der Waals surface area contributed by atoms with Crippen molar-refractivity contribution in [2.75, 3.05) is 5.32 Å². The second-order valence-corrected chi connectivity index (χ2v) is 5.54. The van der Waals surface area contributed by atoms with E-state index < -0.39 is 0 Å². The highest BCUT2D eigenvalue weighted by molar-refractivity contribution is 7.15. The van der Waals surface area contributed by atoms with E-state index in [1.54, 1.807) is 0 Å². The van der Waals surface area contributed by atoms with Crippen molar-refractivity contribution in [1.29, 1.82) is 0 Å². The minimum Gasteiger partial charge on any atom is -0.331 e. The van der Waals surface area contributed by atoms with Crippen LogP contribution in [0.2, 0.25) is 0 Å². The average Bonchev–Trinajstić information content (AvgIpc) is 2.87. The zero-order valence-electron chi connectivity index (χ0n) is 11.6. The van der Waals surface area contributed by atoms with Crippen molar-refractivity contribution < 1.29 is 4.79 Å². The molecule has 2 N–H and O–H groups in total. The molecule has 2 aromatic rings. The van der Waals surface area contributed by atoms with Gasteiger partial charge in [-0.2, -0.15) is 0 Å². The summed E-state index contributed by atoms with van der Waals surface area (Å²) in [4.78, 5) is 11.9. The quantitative estimate of drug-likeness (QED) is 0.887. The number of nitrogens with one attached hydrogen (secondary N) is 2. The Morgan fingerprint density at radius 3 is 2.75 bits per heavy atom. The van der Waals surface area contributed by atoms with E-state index in [-0.39, 0.29) is 12.1 Å². The normalized spacial score (nSPS) is 11.9. The van der Waals surface area contributed by atoms with Crippen LogP contribution in [0.3, 0.4) is 0 Å². The molecule has 0 saturated carbocycles. The first-order valence-corrected chi connectivity index (χ1v) is 7.45. The highest BCUT2D eigenvalue weighted by atomic mass is 32.1. The molecule has 2 amide bonds. The maximum Gasteiger partial charge on any atom is 0.321 e. The highest BCUT2D eigenvalue weighted by Gasteiger charge is 2.11. The molecule has 0 fully saturated rings.